The van der Waals surface area contributed by atoms with Crippen molar-refractivity contribution < 1.29 is 23.8 Å². The van der Waals surface area contributed by atoms with Gasteiger partial charge in [-0.3, -0.25) is 9.59 Å². The molecule has 0 unspecified atom stereocenters. The molecule has 60 heavy (non-hydrogen) atoms. The fraction of sp³-hybridized carbons (Fsp3) is 0.963. The first-order chi connectivity index (χ1) is 29.4. The Morgan fingerprint density at radius 3 is 1.05 bits per heavy atom. The van der Waals surface area contributed by atoms with Gasteiger partial charge < -0.3 is 19.1 Å². The maximum atomic E-state index is 12.5. The summed E-state index contributed by atoms with van der Waals surface area (Å²) in [5, 5.41) is 0. The molecule has 0 saturated heterocycles. The summed E-state index contributed by atoms with van der Waals surface area (Å²) in [6, 6.07) is 0. The quantitative estimate of drug-likeness (QED) is 0.0449. The SMILES string of the molecule is CCCCCC(CCCCC)CC(=O)OCCCCCCCCCCC(CCCCCCCCCCOC(=O)CC(CCCCC)CCCCC)COCCCN(C)CC. The van der Waals surface area contributed by atoms with E-state index in [0.717, 1.165) is 45.6 Å². The highest BCUT2D eigenvalue weighted by Gasteiger charge is 2.16. The minimum atomic E-state index is 0.0361. The van der Waals surface area contributed by atoms with Crippen molar-refractivity contribution in [2.45, 2.75) is 272 Å². The molecule has 0 aromatic rings. The molecule has 0 spiro atoms. The standard InChI is InChI=1S/C54H107NO5/c1-7-12-28-37-50(38-29-13-8-2)47-53(56)59-45-34-26-22-18-16-20-24-32-41-52(49-58-44-36-43-55(6)11-5)42-33-25-21-17-19-23-27-35-46-60-54(57)48-51(39-30-14-9-3)40-31-15-10-4/h50-52H,7-49H2,1-6H3. The highest BCUT2D eigenvalue weighted by molar-refractivity contribution is 5.70. The first-order valence-corrected chi connectivity index (χ1v) is 27.0. The van der Waals surface area contributed by atoms with Crippen LogP contribution in [0.3, 0.4) is 0 Å². The molecule has 0 aliphatic carbocycles. The number of carbonyl (C=O) groups is 2. The van der Waals surface area contributed by atoms with Crippen molar-refractivity contribution in [3.05, 3.63) is 0 Å². The van der Waals surface area contributed by atoms with Crippen LogP contribution >= 0.6 is 0 Å². The van der Waals surface area contributed by atoms with Crippen LogP contribution in [0, 0.1) is 17.8 Å². The highest BCUT2D eigenvalue weighted by Crippen LogP contribution is 2.24. The number of esters is 2. The van der Waals surface area contributed by atoms with Gasteiger partial charge in [0, 0.05) is 32.6 Å². The number of unbranched alkanes of at least 4 members (excludes halogenated alkanes) is 22. The molecule has 0 heterocycles. The van der Waals surface area contributed by atoms with Crippen LogP contribution < -0.4 is 0 Å². The second-order valence-electron chi connectivity index (χ2n) is 19.0. The first kappa shape index (κ1) is 58.9. The molecule has 6 heteroatoms. The summed E-state index contributed by atoms with van der Waals surface area (Å²) >= 11 is 0. The van der Waals surface area contributed by atoms with E-state index in [2.05, 4.69) is 46.6 Å². The van der Waals surface area contributed by atoms with Gasteiger partial charge in [-0.2, -0.15) is 0 Å². The average Bonchev–Trinajstić information content (AvgIpc) is 3.24. The lowest BCUT2D eigenvalue weighted by atomic mass is 9.92. The summed E-state index contributed by atoms with van der Waals surface area (Å²) < 4.78 is 17.6. The average molecular weight is 850 g/mol. The number of carbonyl (C=O) groups excluding carboxylic acids is 2. The largest absolute Gasteiger partial charge is 0.466 e. The Labute approximate surface area is 376 Å². The lowest BCUT2D eigenvalue weighted by Gasteiger charge is -2.18. The monoisotopic (exact) mass is 850 g/mol. The zero-order valence-corrected chi connectivity index (χ0v) is 41.6. The summed E-state index contributed by atoms with van der Waals surface area (Å²) in [7, 11) is 2.19. The lowest BCUT2D eigenvalue weighted by molar-refractivity contribution is -0.146. The zero-order valence-electron chi connectivity index (χ0n) is 41.6. The molecule has 6 nitrogen and oxygen atoms in total. The van der Waals surface area contributed by atoms with E-state index in [0.29, 0.717) is 43.8 Å². The van der Waals surface area contributed by atoms with E-state index in [4.69, 9.17) is 14.2 Å². The molecule has 0 N–H and O–H groups in total. The van der Waals surface area contributed by atoms with E-state index in [1.54, 1.807) is 0 Å². The van der Waals surface area contributed by atoms with Gasteiger partial charge in [0.1, 0.15) is 0 Å². The van der Waals surface area contributed by atoms with Crippen molar-refractivity contribution in [2.75, 3.05) is 46.6 Å². The Bertz CT molecular complexity index is 802. The van der Waals surface area contributed by atoms with Crippen LogP contribution in [0.1, 0.15) is 272 Å². The highest BCUT2D eigenvalue weighted by atomic mass is 16.5. The van der Waals surface area contributed by atoms with Gasteiger partial charge in [0.15, 0.2) is 0 Å². The maximum absolute atomic E-state index is 12.5. The van der Waals surface area contributed by atoms with E-state index < -0.39 is 0 Å². The molecule has 0 saturated carbocycles. The van der Waals surface area contributed by atoms with Crippen LogP contribution in [-0.4, -0.2) is 63.4 Å². The molecular formula is C54H107NO5. The smallest absolute Gasteiger partial charge is 0.306 e. The molecular weight excluding hydrogens is 743 g/mol. The minimum Gasteiger partial charge on any atom is -0.466 e. The Balaban J connectivity index is 4.15. The van der Waals surface area contributed by atoms with Crippen molar-refractivity contribution in [1.82, 2.24) is 4.90 Å². The molecule has 0 amide bonds. The van der Waals surface area contributed by atoms with E-state index in [-0.39, 0.29) is 11.9 Å². The van der Waals surface area contributed by atoms with Gasteiger partial charge in [-0.1, -0.05) is 202 Å². The molecule has 0 radical (unpaired) electrons. The minimum absolute atomic E-state index is 0.0361. The van der Waals surface area contributed by atoms with Crippen molar-refractivity contribution in [3.63, 3.8) is 0 Å². The molecule has 0 bridgehead atoms. The van der Waals surface area contributed by atoms with Crippen molar-refractivity contribution in [2.24, 2.45) is 17.8 Å². The number of ether oxygens (including phenoxy) is 3. The van der Waals surface area contributed by atoms with Crippen LogP contribution in [0.4, 0.5) is 0 Å². The molecule has 0 aliphatic heterocycles. The number of rotatable bonds is 49. The van der Waals surface area contributed by atoms with Crippen molar-refractivity contribution in [1.29, 1.82) is 0 Å². The van der Waals surface area contributed by atoms with Crippen LogP contribution in [-0.2, 0) is 23.8 Å². The second kappa shape index (κ2) is 47.3. The van der Waals surface area contributed by atoms with E-state index >= 15 is 0 Å². The van der Waals surface area contributed by atoms with Gasteiger partial charge in [0.05, 0.1) is 13.2 Å². The number of nitrogens with zero attached hydrogens (tertiary/aromatic N) is 1. The zero-order chi connectivity index (χ0) is 44.0. The predicted molar refractivity (Wildman–Crippen MR) is 260 cm³/mol. The van der Waals surface area contributed by atoms with E-state index in [1.165, 1.54) is 205 Å². The predicted octanol–water partition coefficient (Wildman–Crippen LogP) is 16.4. The Kier molecular flexibility index (Phi) is 46.4. The third-order valence-electron chi connectivity index (χ3n) is 13.0. The normalized spacial score (nSPS) is 11.8. The summed E-state index contributed by atoms with van der Waals surface area (Å²) in [5.41, 5.74) is 0. The fourth-order valence-electron chi connectivity index (χ4n) is 8.74. The molecule has 0 aromatic heterocycles. The Hall–Kier alpha value is -1.14. The van der Waals surface area contributed by atoms with Crippen LogP contribution in [0.25, 0.3) is 0 Å². The Morgan fingerprint density at radius 1 is 0.383 bits per heavy atom. The van der Waals surface area contributed by atoms with Crippen molar-refractivity contribution in [3.8, 4) is 0 Å². The number of hydrogen-bond donors (Lipinski definition) is 0. The summed E-state index contributed by atoms with van der Waals surface area (Å²) in [4.78, 5) is 27.4. The van der Waals surface area contributed by atoms with Gasteiger partial charge in [-0.05, 0) is 89.1 Å². The molecule has 0 rings (SSSR count). The first-order valence-electron chi connectivity index (χ1n) is 27.0. The van der Waals surface area contributed by atoms with Crippen LogP contribution in [0.15, 0.2) is 0 Å². The van der Waals surface area contributed by atoms with E-state index in [9.17, 15) is 9.59 Å². The third kappa shape index (κ3) is 42.2. The van der Waals surface area contributed by atoms with Gasteiger partial charge in [0.25, 0.3) is 0 Å². The van der Waals surface area contributed by atoms with E-state index in [1.807, 2.05) is 0 Å². The summed E-state index contributed by atoms with van der Waals surface area (Å²) in [6.45, 7) is 16.5. The van der Waals surface area contributed by atoms with Crippen molar-refractivity contribution >= 4 is 11.9 Å². The van der Waals surface area contributed by atoms with Crippen LogP contribution in [0.2, 0.25) is 0 Å². The van der Waals surface area contributed by atoms with Gasteiger partial charge in [-0.25, -0.2) is 0 Å². The molecule has 358 valence electrons. The summed E-state index contributed by atoms with van der Waals surface area (Å²) in [5.74, 6) is 1.80. The molecule has 0 atom stereocenters. The lowest BCUT2D eigenvalue weighted by Crippen LogP contribution is -2.20. The van der Waals surface area contributed by atoms with Gasteiger partial charge in [0.2, 0.25) is 0 Å². The summed E-state index contributed by atoms with van der Waals surface area (Å²) in [6.07, 6.45) is 44.9. The fourth-order valence-corrected chi connectivity index (χ4v) is 8.74. The maximum Gasteiger partial charge on any atom is 0.306 e. The molecule has 0 aromatic carbocycles. The topological polar surface area (TPSA) is 65.1 Å². The third-order valence-corrected chi connectivity index (χ3v) is 13.0. The van der Waals surface area contributed by atoms with Gasteiger partial charge in [-0.15, -0.1) is 0 Å². The Morgan fingerprint density at radius 2 is 0.700 bits per heavy atom. The van der Waals surface area contributed by atoms with Crippen LogP contribution in [0.5, 0.6) is 0 Å². The molecule has 0 fully saturated rings. The number of hydrogen-bond acceptors (Lipinski definition) is 6. The second-order valence-corrected chi connectivity index (χ2v) is 19.0. The van der Waals surface area contributed by atoms with Gasteiger partial charge >= 0.3 is 11.9 Å². The molecule has 0 aliphatic rings.